The van der Waals surface area contributed by atoms with Crippen LogP contribution in [-0.2, 0) is 4.79 Å². The third kappa shape index (κ3) is 5.40. The molecule has 11 heteroatoms. The van der Waals surface area contributed by atoms with E-state index in [9.17, 15) is 18.0 Å². The van der Waals surface area contributed by atoms with E-state index in [1.54, 1.807) is 13.0 Å². The number of rotatable bonds is 6. The summed E-state index contributed by atoms with van der Waals surface area (Å²) in [5, 5.41) is 6.79. The van der Waals surface area contributed by atoms with Gasteiger partial charge in [0.15, 0.2) is 0 Å². The van der Waals surface area contributed by atoms with E-state index in [2.05, 4.69) is 35.2 Å². The molecule has 3 heterocycles. The predicted molar refractivity (Wildman–Crippen MR) is 114 cm³/mol. The van der Waals surface area contributed by atoms with Crippen molar-refractivity contribution in [2.75, 3.05) is 29.9 Å². The van der Waals surface area contributed by atoms with Crippen molar-refractivity contribution in [1.82, 2.24) is 20.3 Å². The van der Waals surface area contributed by atoms with Crippen molar-refractivity contribution in [2.45, 2.75) is 32.2 Å². The number of halogens is 3. The van der Waals surface area contributed by atoms with Crippen molar-refractivity contribution < 1.29 is 22.7 Å². The number of H-pyrrole nitrogens is 1. The molecule has 1 fully saturated rings. The topological polar surface area (TPSA) is 95.2 Å². The molecule has 1 aromatic carbocycles. The lowest BCUT2D eigenvalue weighted by Crippen LogP contribution is -2.49. The minimum absolute atomic E-state index is 0.0661. The number of nitrogens with zero attached hydrogens (tertiary/aromatic N) is 3. The number of fused-ring (bicyclic) bond motifs is 1. The molecule has 1 saturated heterocycles. The number of aryl methyl sites for hydroxylation is 1. The molecular formula is C21H23F3N6O2. The maximum absolute atomic E-state index is 12.5. The second-order valence-corrected chi connectivity index (χ2v) is 7.73. The Kier molecular flexibility index (Phi) is 6.06. The fourth-order valence-electron chi connectivity index (χ4n) is 3.90. The highest BCUT2D eigenvalue weighted by molar-refractivity contribution is 5.87. The molecule has 170 valence electrons. The Morgan fingerprint density at radius 3 is 2.97 bits per heavy atom. The third-order valence-corrected chi connectivity index (χ3v) is 5.16. The molecule has 1 amide bonds. The number of alkyl halides is 3. The summed E-state index contributed by atoms with van der Waals surface area (Å²) in [6, 6.07) is 6.01. The maximum atomic E-state index is 12.5. The van der Waals surface area contributed by atoms with Crippen molar-refractivity contribution in [3.63, 3.8) is 0 Å². The minimum atomic E-state index is -4.77. The predicted octanol–water partition coefficient (Wildman–Crippen LogP) is 3.36. The van der Waals surface area contributed by atoms with Gasteiger partial charge in [0, 0.05) is 37.1 Å². The molecule has 8 nitrogen and oxygen atoms in total. The Morgan fingerprint density at radius 2 is 2.16 bits per heavy atom. The zero-order chi connectivity index (χ0) is 22.7. The highest BCUT2D eigenvalue weighted by Crippen LogP contribution is 2.27. The van der Waals surface area contributed by atoms with Gasteiger partial charge < -0.3 is 25.3 Å². The molecule has 0 spiro atoms. The Labute approximate surface area is 182 Å². The van der Waals surface area contributed by atoms with E-state index in [1.807, 2.05) is 12.3 Å². The normalized spacial score (nSPS) is 16.8. The average molecular weight is 448 g/mol. The van der Waals surface area contributed by atoms with E-state index in [-0.39, 0.29) is 24.2 Å². The first-order valence-electron chi connectivity index (χ1n) is 10.2. The van der Waals surface area contributed by atoms with Gasteiger partial charge in [0.05, 0.1) is 11.9 Å². The first-order valence-corrected chi connectivity index (χ1v) is 10.2. The van der Waals surface area contributed by atoms with Gasteiger partial charge in [-0.1, -0.05) is 0 Å². The van der Waals surface area contributed by atoms with E-state index in [4.69, 9.17) is 0 Å². The average Bonchev–Trinajstić information content (AvgIpc) is 3.20. The van der Waals surface area contributed by atoms with Crippen LogP contribution < -0.4 is 20.3 Å². The van der Waals surface area contributed by atoms with Crippen molar-refractivity contribution in [3.8, 4) is 5.75 Å². The molecule has 0 bridgehead atoms. The Morgan fingerprint density at radius 1 is 1.31 bits per heavy atom. The van der Waals surface area contributed by atoms with Gasteiger partial charge in [-0.15, -0.1) is 13.2 Å². The Balaban J connectivity index is 1.34. The number of carbonyl (C=O) groups excluding carboxylic acids is 1. The molecule has 0 aliphatic carbocycles. The number of aromatic amines is 1. The van der Waals surface area contributed by atoms with Crippen LogP contribution in [0.2, 0.25) is 0 Å². The van der Waals surface area contributed by atoms with Crippen LogP contribution in [0.3, 0.4) is 0 Å². The number of hydrogen-bond acceptors (Lipinski definition) is 6. The maximum Gasteiger partial charge on any atom is 0.573 e. The first-order chi connectivity index (χ1) is 15.3. The van der Waals surface area contributed by atoms with Crippen molar-refractivity contribution in [2.24, 2.45) is 0 Å². The van der Waals surface area contributed by atoms with Gasteiger partial charge in [-0.25, -0.2) is 9.97 Å². The quantitative estimate of drug-likeness (QED) is 0.535. The second kappa shape index (κ2) is 8.93. The minimum Gasteiger partial charge on any atom is -0.406 e. The van der Waals surface area contributed by atoms with Crippen LogP contribution in [0.1, 0.15) is 18.4 Å². The number of piperidine rings is 1. The van der Waals surface area contributed by atoms with Gasteiger partial charge in [-0.05, 0) is 43.5 Å². The fraction of sp³-hybridized carbons (Fsp3) is 0.381. The van der Waals surface area contributed by atoms with Crippen molar-refractivity contribution in [1.29, 1.82) is 0 Å². The van der Waals surface area contributed by atoms with Gasteiger partial charge in [0.1, 0.15) is 23.5 Å². The SMILES string of the molecule is Cc1cc(NCC(=O)N[C@@H]2CCCN(c3ncnc4[nH]ccc34)C2)cc(OC(F)(F)F)c1. The molecule has 4 rings (SSSR count). The molecule has 1 aliphatic heterocycles. The second-order valence-electron chi connectivity index (χ2n) is 7.73. The Hall–Kier alpha value is -3.50. The van der Waals surface area contributed by atoms with Crippen LogP contribution in [0.4, 0.5) is 24.7 Å². The van der Waals surface area contributed by atoms with Crippen molar-refractivity contribution in [3.05, 3.63) is 42.4 Å². The standard InChI is InChI=1S/C21H23F3N6O2/c1-13-7-15(9-16(8-13)32-21(22,23)24)26-10-18(31)29-14-3-2-6-30(11-14)20-17-4-5-25-19(17)27-12-28-20/h4-5,7-9,12,14,26H,2-3,6,10-11H2,1H3,(H,29,31)(H,25,27,28)/t14-/m1/s1. The van der Waals surface area contributed by atoms with Crippen LogP contribution in [0, 0.1) is 6.92 Å². The molecule has 0 radical (unpaired) electrons. The molecule has 1 aliphatic rings. The molecule has 32 heavy (non-hydrogen) atoms. The molecule has 0 unspecified atom stereocenters. The number of aromatic nitrogens is 3. The van der Waals surface area contributed by atoms with Crippen LogP contribution in [0.15, 0.2) is 36.8 Å². The largest absolute Gasteiger partial charge is 0.573 e. The number of benzene rings is 1. The number of hydrogen-bond donors (Lipinski definition) is 3. The lowest BCUT2D eigenvalue weighted by atomic mass is 10.1. The van der Waals surface area contributed by atoms with Crippen molar-refractivity contribution >= 4 is 28.4 Å². The summed E-state index contributed by atoms with van der Waals surface area (Å²) in [7, 11) is 0. The number of anilines is 2. The number of ether oxygens (including phenoxy) is 1. The highest BCUT2D eigenvalue weighted by Gasteiger charge is 2.31. The number of amides is 1. The molecule has 3 aromatic rings. The summed E-state index contributed by atoms with van der Waals surface area (Å²) in [4.78, 5) is 26.3. The van der Waals surface area contributed by atoms with Gasteiger partial charge in [-0.2, -0.15) is 0 Å². The van der Waals surface area contributed by atoms with Gasteiger partial charge in [0.25, 0.3) is 0 Å². The number of carbonyl (C=O) groups is 1. The molecule has 1 atom stereocenters. The summed E-state index contributed by atoms with van der Waals surface area (Å²) in [6.07, 6.45) is 0.278. The van der Waals surface area contributed by atoms with Gasteiger partial charge in [0.2, 0.25) is 5.91 Å². The van der Waals surface area contributed by atoms with E-state index in [0.717, 1.165) is 36.2 Å². The summed E-state index contributed by atoms with van der Waals surface area (Å²) in [5.74, 6) is 0.251. The van der Waals surface area contributed by atoms with E-state index >= 15 is 0 Å². The van der Waals surface area contributed by atoms with E-state index in [0.29, 0.717) is 17.8 Å². The summed E-state index contributed by atoms with van der Waals surface area (Å²) < 4.78 is 41.4. The third-order valence-electron chi connectivity index (χ3n) is 5.16. The first kappa shape index (κ1) is 21.7. The van der Waals surface area contributed by atoms with E-state index in [1.165, 1.54) is 18.5 Å². The van der Waals surface area contributed by atoms with Crippen LogP contribution >= 0.6 is 0 Å². The lowest BCUT2D eigenvalue weighted by molar-refractivity contribution is -0.274. The lowest BCUT2D eigenvalue weighted by Gasteiger charge is -2.34. The smallest absolute Gasteiger partial charge is 0.406 e. The van der Waals surface area contributed by atoms with Crippen LogP contribution in [0.25, 0.3) is 11.0 Å². The molecule has 0 saturated carbocycles. The zero-order valence-corrected chi connectivity index (χ0v) is 17.4. The fourth-order valence-corrected chi connectivity index (χ4v) is 3.90. The molecule has 3 N–H and O–H groups in total. The number of nitrogens with one attached hydrogen (secondary N) is 3. The molecular weight excluding hydrogens is 425 g/mol. The summed E-state index contributed by atoms with van der Waals surface area (Å²) in [5.41, 5.74) is 1.72. The van der Waals surface area contributed by atoms with Crippen LogP contribution in [-0.4, -0.2) is 52.9 Å². The van der Waals surface area contributed by atoms with Gasteiger partial charge >= 0.3 is 6.36 Å². The summed E-state index contributed by atoms with van der Waals surface area (Å²) >= 11 is 0. The molecule has 2 aromatic heterocycles. The zero-order valence-electron chi connectivity index (χ0n) is 17.4. The van der Waals surface area contributed by atoms with E-state index < -0.39 is 6.36 Å². The Bertz CT molecular complexity index is 1100. The van der Waals surface area contributed by atoms with Crippen LogP contribution in [0.5, 0.6) is 5.75 Å². The monoisotopic (exact) mass is 448 g/mol. The van der Waals surface area contributed by atoms with Gasteiger partial charge in [-0.3, -0.25) is 4.79 Å². The highest BCUT2D eigenvalue weighted by atomic mass is 19.4. The summed E-state index contributed by atoms with van der Waals surface area (Å²) in [6.45, 7) is 3.02.